The molecule has 1 fully saturated rings. The minimum absolute atomic E-state index is 0.0570. The normalized spacial score (nSPS) is 28.4. The van der Waals surface area contributed by atoms with Crippen LogP contribution < -0.4 is 0 Å². The molecule has 0 saturated carbocycles. The van der Waals surface area contributed by atoms with Gasteiger partial charge in [-0.1, -0.05) is 33.0 Å². The highest BCUT2D eigenvalue weighted by Crippen LogP contribution is 2.40. The maximum atomic E-state index is 10.5. The minimum atomic E-state index is -0.279. The van der Waals surface area contributed by atoms with Gasteiger partial charge in [0, 0.05) is 40.8 Å². The van der Waals surface area contributed by atoms with Crippen molar-refractivity contribution in [2.45, 2.75) is 59.0 Å². The number of H-pyrrole nitrogens is 1. The lowest BCUT2D eigenvalue weighted by molar-refractivity contribution is 0.0138. The van der Waals surface area contributed by atoms with Gasteiger partial charge in [-0.2, -0.15) is 0 Å². The lowest BCUT2D eigenvalue weighted by Gasteiger charge is -2.43. The molecule has 2 aliphatic carbocycles. The molecule has 1 aromatic heterocycles. The molecule has 3 aliphatic rings. The zero-order chi connectivity index (χ0) is 17.1. The summed E-state index contributed by atoms with van der Waals surface area (Å²) >= 11 is 5.98. The van der Waals surface area contributed by atoms with Crippen molar-refractivity contribution in [3.63, 3.8) is 0 Å². The van der Waals surface area contributed by atoms with Crippen LogP contribution in [0.2, 0.25) is 0 Å². The molecule has 1 saturated heterocycles. The first-order chi connectivity index (χ1) is 11.3. The average molecular weight is 347 g/mol. The molecule has 4 rings (SSSR count). The van der Waals surface area contributed by atoms with Crippen molar-refractivity contribution in [3.8, 4) is 0 Å². The number of hydrogen-bond acceptors (Lipinski definition) is 3. The summed E-state index contributed by atoms with van der Waals surface area (Å²) in [5, 5.41) is 10.5. The number of rotatable bonds is 2. The number of thiocarbonyl (C=S) groups is 1. The van der Waals surface area contributed by atoms with Crippen molar-refractivity contribution < 1.29 is 5.11 Å². The predicted molar refractivity (Wildman–Crippen MR) is 102 cm³/mol. The van der Waals surface area contributed by atoms with Crippen LogP contribution in [-0.2, 0) is 19.3 Å². The van der Waals surface area contributed by atoms with Crippen molar-refractivity contribution in [2.75, 3.05) is 19.6 Å². The second-order valence-electron chi connectivity index (χ2n) is 9.15. The summed E-state index contributed by atoms with van der Waals surface area (Å²) in [4.78, 5) is 7.35. The number of aliphatic hydroxyl groups excluding tert-OH is 1. The average Bonchev–Trinajstić information content (AvgIpc) is 3.07. The van der Waals surface area contributed by atoms with E-state index >= 15 is 0 Å². The maximum absolute atomic E-state index is 10.5. The number of aliphatic hydroxyl groups is 1. The first kappa shape index (κ1) is 16.7. The fraction of sp³-hybridized carbons (Fsp3) is 0.750. The number of nitrogens with zero attached hydrogens (tertiary/aromatic N) is 1. The highest BCUT2D eigenvalue weighted by molar-refractivity contribution is 7.80. The van der Waals surface area contributed by atoms with E-state index in [-0.39, 0.29) is 11.5 Å². The van der Waals surface area contributed by atoms with Crippen LogP contribution in [0.15, 0.2) is 0 Å². The Morgan fingerprint density at radius 1 is 1.29 bits per heavy atom. The Morgan fingerprint density at radius 3 is 2.83 bits per heavy atom. The molecule has 0 spiro atoms. The highest BCUT2D eigenvalue weighted by atomic mass is 32.1. The molecule has 24 heavy (non-hydrogen) atoms. The van der Waals surface area contributed by atoms with E-state index in [1.807, 2.05) is 0 Å². The van der Waals surface area contributed by atoms with Gasteiger partial charge in [0.25, 0.3) is 0 Å². The zero-order valence-corrected chi connectivity index (χ0v) is 16.0. The van der Waals surface area contributed by atoms with Crippen LogP contribution >= 0.6 is 12.2 Å². The minimum Gasteiger partial charge on any atom is -0.391 e. The van der Waals surface area contributed by atoms with E-state index in [9.17, 15) is 5.11 Å². The SMILES string of the molecule is CC(C)(C)C(O)CN1CC[C@H]2Cc3[nH]c4c(c3C(=S)[C@@H]2C1)CCC4. The van der Waals surface area contributed by atoms with Gasteiger partial charge in [0.15, 0.2) is 0 Å². The quantitative estimate of drug-likeness (QED) is 0.808. The van der Waals surface area contributed by atoms with Gasteiger partial charge >= 0.3 is 0 Å². The topological polar surface area (TPSA) is 39.3 Å². The third-order valence-corrected chi connectivity index (χ3v) is 6.95. The number of fused-ring (bicyclic) bond motifs is 4. The molecule has 0 bridgehead atoms. The molecule has 132 valence electrons. The van der Waals surface area contributed by atoms with Gasteiger partial charge in [-0.25, -0.2) is 0 Å². The summed E-state index contributed by atoms with van der Waals surface area (Å²) in [6, 6.07) is 0. The predicted octanol–water partition coefficient (Wildman–Crippen LogP) is 3.12. The molecular formula is C20H30N2OS. The van der Waals surface area contributed by atoms with Crippen LogP contribution in [-0.4, -0.2) is 45.6 Å². The van der Waals surface area contributed by atoms with E-state index in [0.29, 0.717) is 11.8 Å². The number of aromatic nitrogens is 1. The Morgan fingerprint density at radius 2 is 2.08 bits per heavy atom. The molecule has 4 heteroatoms. The Labute approximate surface area is 150 Å². The van der Waals surface area contributed by atoms with Crippen molar-refractivity contribution in [1.82, 2.24) is 9.88 Å². The van der Waals surface area contributed by atoms with Crippen LogP contribution in [0, 0.1) is 17.3 Å². The summed E-state index contributed by atoms with van der Waals surface area (Å²) < 4.78 is 0. The number of hydrogen-bond donors (Lipinski definition) is 2. The number of nitrogens with one attached hydrogen (secondary N) is 1. The monoisotopic (exact) mass is 346 g/mol. The van der Waals surface area contributed by atoms with E-state index < -0.39 is 0 Å². The van der Waals surface area contributed by atoms with Gasteiger partial charge in [-0.05, 0) is 55.5 Å². The molecular weight excluding hydrogens is 316 g/mol. The van der Waals surface area contributed by atoms with E-state index in [1.54, 1.807) is 0 Å². The second-order valence-corrected chi connectivity index (χ2v) is 9.59. The first-order valence-corrected chi connectivity index (χ1v) is 9.92. The number of aryl methyl sites for hydroxylation is 1. The molecule has 1 aliphatic heterocycles. The van der Waals surface area contributed by atoms with Crippen LogP contribution in [0.1, 0.15) is 56.1 Å². The molecule has 3 atom stereocenters. The van der Waals surface area contributed by atoms with Crippen molar-refractivity contribution >= 4 is 17.1 Å². The first-order valence-electron chi connectivity index (χ1n) is 9.52. The van der Waals surface area contributed by atoms with Crippen LogP contribution in [0.3, 0.4) is 0 Å². The summed E-state index contributed by atoms with van der Waals surface area (Å²) in [6.45, 7) is 9.23. The molecule has 0 aromatic carbocycles. The second kappa shape index (κ2) is 5.93. The summed E-state index contributed by atoms with van der Waals surface area (Å²) in [7, 11) is 0. The van der Waals surface area contributed by atoms with Crippen molar-refractivity contribution in [2.24, 2.45) is 17.3 Å². The summed E-state index contributed by atoms with van der Waals surface area (Å²) in [5.74, 6) is 1.18. The fourth-order valence-electron chi connectivity index (χ4n) is 4.78. The van der Waals surface area contributed by atoms with E-state index in [4.69, 9.17) is 12.2 Å². The molecule has 2 heterocycles. The number of likely N-dealkylation sites (tertiary alicyclic amines) is 1. The number of aromatic amines is 1. The highest BCUT2D eigenvalue weighted by Gasteiger charge is 2.40. The lowest BCUT2D eigenvalue weighted by Crippen LogP contribution is -2.50. The van der Waals surface area contributed by atoms with E-state index in [2.05, 4.69) is 30.7 Å². The maximum Gasteiger partial charge on any atom is 0.0715 e. The van der Waals surface area contributed by atoms with E-state index in [0.717, 1.165) is 19.6 Å². The van der Waals surface area contributed by atoms with Gasteiger partial charge < -0.3 is 15.0 Å². The van der Waals surface area contributed by atoms with Crippen LogP contribution in [0.4, 0.5) is 0 Å². The summed E-state index contributed by atoms with van der Waals surface area (Å²) in [6.07, 6.45) is 5.76. The van der Waals surface area contributed by atoms with Gasteiger partial charge in [0.2, 0.25) is 0 Å². The Balaban J connectivity index is 1.52. The smallest absolute Gasteiger partial charge is 0.0715 e. The Bertz CT molecular complexity index is 657. The standard InChI is InChI=1S/C20H30N2OS/c1-20(2,3)17(23)11-22-8-7-12-9-16-18(19(24)14(12)10-22)13-5-4-6-15(13)21-16/h12,14,17,21,23H,4-11H2,1-3H3/t12-,14+,17?/m0/s1. The largest absolute Gasteiger partial charge is 0.391 e. The van der Waals surface area contributed by atoms with Crippen molar-refractivity contribution in [3.05, 3.63) is 22.5 Å². The summed E-state index contributed by atoms with van der Waals surface area (Å²) in [5.41, 5.74) is 5.77. The number of piperidine rings is 1. The molecule has 0 radical (unpaired) electrons. The molecule has 2 N–H and O–H groups in total. The molecule has 1 aromatic rings. The van der Waals surface area contributed by atoms with Crippen molar-refractivity contribution in [1.29, 1.82) is 0 Å². The third kappa shape index (κ3) is 2.77. The van der Waals surface area contributed by atoms with Gasteiger partial charge in [-0.3, -0.25) is 0 Å². The third-order valence-electron chi connectivity index (χ3n) is 6.44. The van der Waals surface area contributed by atoms with Crippen LogP contribution in [0.25, 0.3) is 0 Å². The lowest BCUT2D eigenvalue weighted by atomic mass is 9.73. The molecule has 0 amide bonds. The zero-order valence-electron chi connectivity index (χ0n) is 15.2. The van der Waals surface area contributed by atoms with Gasteiger partial charge in [-0.15, -0.1) is 0 Å². The Kier molecular flexibility index (Phi) is 4.13. The van der Waals surface area contributed by atoms with E-state index in [1.165, 1.54) is 59.5 Å². The van der Waals surface area contributed by atoms with Crippen LogP contribution in [0.5, 0.6) is 0 Å². The molecule has 3 nitrogen and oxygen atoms in total. The van der Waals surface area contributed by atoms with Gasteiger partial charge in [0.05, 0.1) is 6.10 Å². The fourth-order valence-corrected chi connectivity index (χ4v) is 5.29. The van der Waals surface area contributed by atoms with Gasteiger partial charge in [0.1, 0.15) is 0 Å². The molecule has 1 unspecified atom stereocenters. The Hall–Kier alpha value is -0.710. The number of β-amino-alcohol motifs (C(OH)–C–C–N with tert-alkyl or cyclic N) is 1.